The van der Waals surface area contributed by atoms with Gasteiger partial charge >= 0.3 is 5.69 Å². The first-order chi connectivity index (χ1) is 10.0. The molecule has 2 heterocycles. The lowest BCUT2D eigenvalue weighted by atomic mass is 10.1. The zero-order chi connectivity index (χ0) is 15.1. The molecule has 1 saturated heterocycles. The van der Waals surface area contributed by atoms with Crippen LogP contribution in [0.5, 0.6) is 11.5 Å². The molecule has 0 atom stereocenters. The molecule has 0 bridgehead atoms. The van der Waals surface area contributed by atoms with E-state index in [1.807, 2.05) is 0 Å². The summed E-state index contributed by atoms with van der Waals surface area (Å²) in [6, 6.07) is 1.28. The predicted octanol–water partition coefficient (Wildman–Crippen LogP) is 3.86. The fourth-order valence-corrected chi connectivity index (χ4v) is 4.30. The summed E-state index contributed by atoms with van der Waals surface area (Å²) in [7, 11) is 0. The van der Waals surface area contributed by atoms with E-state index in [1.165, 1.54) is 23.8 Å². The van der Waals surface area contributed by atoms with Crippen LogP contribution in [0.15, 0.2) is 6.07 Å². The number of aromatic hydroxyl groups is 2. The molecule has 0 radical (unpaired) electrons. The van der Waals surface area contributed by atoms with E-state index in [4.69, 9.17) is 11.6 Å². The van der Waals surface area contributed by atoms with E-state index in [0.29, 0.717) is 15.1 Å². The third-order valence-electron chi connectivity index (χ3n) is 3.66. The predicted molar refractivity (Wildman–Crippen MR) is 82.9 cm³/mol. The molecule has 1 fully saturated rings. The summed E-state index contributed by atoms with van der Waals surface area (Å²) in [4.78, 5) is 12.6. The summed E-state index contributed by atoms with van der Waals surface area (Å²) in [5.74, 6) is -1.24. The number of fused-ring (bicyclic) bond motifs is 1. The normalized spacial score (nSPS) is 15.6. The van der Waals surface area contributed by atoms with Crippen LogP contribution in [-0.2, 0) is 0 Å². The highest BCUT2D eigenvalue weighted by Crippen LogP contribution is 2.51. The molecule has 112 valence electrons. The van der Waals surface area contributed by atoms with Crippen molar-refractivity contribution >= 4 is 43.7 Å². The maximum absolute atomic E-state index is 11.2. The van der Waals surface area contributed by atoms with Crippen molar-refractivity contribution in [3.63, 3.8) is 0 Å². The summed E-state index contributed by atoms with van der Waals surface area (Å²) in [6.45, 7) is 1.72. The lowest BCUT2D eigenvalue weighted by Gasteiger charge is -2.27. The molecule has 1 aromatic carbocycles. The second-order valence-electron chi connectivity index (χ2n) is 5.00. The highest BCUT2D eigenvalue weighted by Gasteiger charge is 2.28. The average Bonchev–Trinajstić information content (AvgIpc) is 2.78. The Bertz CT molecular complexity index is 725. The maximum atomic E-state index is 11.2. The summed E-state index contributed by atoms with van der Waals surface area (Å²) < 4.78 is 0.292. The van der Waals surface area contributed by atoms with E-state index < -0.39 is 22.1 Å². The number of halogens is 1. The van der Waals surface area contributed by atoms with Crippen molar-refractivity contribution in [3.8, 4) is 11.5 Å². The Hall–Kier alpha value is -1.73. The number of benzene rings is 1. The molecule has 0 amide bonds. The number of nitrogens with zero attached hydrogens (tertiary/aromatic N) is 2. The van der Waals surface area contributed by atoms with Gasteiger partial charge in [-0.05, 0) is 25.3 Å². The summed E-state index contributed by atoms with van der Waals surface area (Å²) in [6.07, 6.45) is 3.28. The largest absolute Gasteiger partial charge is 0.504 e. The Morgan fingerprint density at radius 2 is 1.95 bits per heavy atom. The van der Waals surface area contributed by atoms with Gasteiger partial charge in [0.2, 0.25) is 5.75 Å². The second kappa shape index (κ2) is 5.23. The van der Waals surface area contributed by atoms with Gasteiger partial charge in [-0.25, -0.2) is 0 Å². The minimum atomic E-state index is -0.712. The Labute approximate surface area is 129 Å². The van der Waals surface area contributed by atoms with Crippen LogP contribution in [0, 0.1) is 10.1 Å². The second-order valence-corrected chi connectivity index (χ2v) is 6.37. The van der Waals surface area contributed by atoms with Gasteiger partial charge in [-0.2, -0.15) is 0 Å². The third kappa shape index (κ3) is 2.26. The standard InChI is InChI=1S/C13H13ClN2O4S/c14-9-7-6-8(17)11(18)10(16(19)20)12(7)21-13(9)15-4-2-1-3-5-15/h6,17-18H,1-5H2. The molecule has 1 aliphatic rings. The van der Waals surface area contributed by atoms with E-state index in [9.17, 15) is 20.3 Å². The van der Waals surface area contributed by atoms with Crippen LogP contribution in [0.1, 0.15) is 19.3 Å². The van der Waals surface area contributed by atoms with Crippen LogP contribution < -0.4 is 4.90 Å². The Morgan fingerprint density at radius 1 is 1.29 bits per heavy atom. The maximum Gasteiger partial charge on any atom is 0.332 e. The molecule has 8 heteroatoms. The number of anilines is 1. The van der Waals surface area contributed by atoms with E-state index in [1.54, 1.807) is 0 Å². The third-order valence-corrected chi connectivity index (χ3v) is 5.42. The first-order valence-corrected chi connectivity index (χ1v) is 7.76. The zero-order valence-electron chi connectivity index (χ0n) is 11.0. The van der Waals surface area contributed by atoms with E-state index >= 15 is 0 Å². The number of hydrogen-bond donors (Lipinski definition) is 2. The molecule has 21 heavy (non-hydrogen) atoms. The van der Waals surface area contributed by atoms with Crippen LogP contribution in [0.3, 0.4) is 0 Å². The van der Waals surface area contributed by atoms with Gasteiger partial charge in [0.05, 0.1) is 9.95 Å². The molecular weight excluding hydrogens is 316 g/mol. The van der Waals surface area contributed by atoms with Crippen molar-refractivity contribution in [2.24, 2.45) is 0 Å². The van der Waals surface area contributed by atoms with Gasteiger partial charge in [-0.3, -0.25) is 10.1 Å². The average molecular weight is 329 g/mol. The fourth-order valence-electron chi connectivity index (χ4n) is 2.62. The first kappa shape index (κ1) is 14.2. The molecule has 2 N–H and O–H groups in total. The zero-order valence-corrected chi connectivity index (χ0v) is 12.6. The van der Waals surface area contributed by atoms with E-state index in [-0.39, 0.29) is 0 Å². The summed E-state index contributed by atoms with van der Waals surface area (Å²) in [5, 5.41) is 32.1. The molecule has 1 aromatic heterocycles. The number of nitro groups is 1. The van der Waals surface area contributed by atoms with Crippen LogP contribution in [0.2, 0.25) is 5.02 Å². The molecule has 3 rings (SSSR count). The van der Waals surface area contributed by atoms with Gasteiger partial charge < -0.3 is 15.1 Å². The Kier molecular flexibility index (Phi) is 3.54. The number of rotatable bonds is 2. The quantitative estimate of drug-likeness (QED) is 0.496. The molecule has 2 aromatic rings. The number of nitro benzene ring substituents is 1. The Balaban J connectivity index is 2.23. The lowest BCUT2D eigenvalue weighted by molar-refractivity contribution is -0.383. The van der Waals surface area contributed by atoms with Crippen LogP contribution in [0.25, 0.3) is 10.1 Å². The highest BCUT2D eigenvalue weighted by atomic mass is 35.5. The van der Waals surface area contributed by atoms with Gasteiger partial charge in [-0.1, -0.05) is 11.6 Å². The molecule has 0 unspecified atom stereocenters. The van der Waals surface area contributed by atoms with Crippen molar-refractivity contribution in [2.75, 3.05) is 18.0 Å². The van der Waals surface area contributed by atoms with Crippen molar-refractivity contribution in [1.29, 1.82) is 0 Å². The van der Waals surface area contributed by atoms with Gasteiger partial charge in [0.1, 0.15) is 9.70 Å². The molecule has 1 aliphatic heterocycles. The SMILES string of the molecule is O=[N+]([O-])c1c(O)c(O)cc2c(Cl)c(N3CCCCC3)sc12. The summed E-state index contributed by atoms with van der Waals surface area (Å²) in [5.41, 5.74) is -0.486. The molecule has 0 spiro atoms. The minimum absolute atomic E-state index is 0.292. The van der Waals surface area contributed by atoms with E-state index in [2.05, 4.69) is 4.90 Å². The fraction of sp³-hybridized carbons (Fsp3) is 0.385. The molecule has 0 saturated carbocycles. The smallest absolute Gasteiger partial charge is 0.332 e. The van der Waals surface area contributed by atoms with Gasteiger partial charge in [0, 0.05) is 18.5 Å². The lowest BCUT2D eigenvalue weighted by Crippen LogP contribution is -2.28. The van der Waals surface area contributed by atoms with Gasteiger partial charge in [0.25, 0.3) is 0 Å². The summed E-state index contributed by atoms with van der Waals surface area (Å²) >= 11 is 7.53. The highest BCUT2D eigenvalue weighted by molar-refractivity contribution is 7.24. The van der Waals surface area contributed by atoms with Crippen molar-refractivity contribution in [2.45, 2.75) is 19.3 Å². The Morgan fingerprint density at radius 3 is 2.57 bits per heavy atom. The number of hydrogen-bond acceptors (Lipinski definition) is 6. The monoisotopic (exact) mass is 328 g/mol. The van der Waals surface area contributed by atoms with Crippen molar-refractivity contribution in [1.82, 2.24) is 0 Å². The van der Waals surface area contributed by atoms with E-state index in [0.717, 1.165) is 30.9 Å². The molecule has 6 nitrogen and oxygen atoms in total. The molecule has 0 aliphatic carbocycles. The van der Waals surface area contributed by atoms with Gasteiger partial charge in [0.15, 0.2) is 5.75 Å². The minimum Gasteiger partial charge on any atom is -0.504 e. The first-order valence-electron chi connectivity index (χ1n) is 6.57. The number of phenolic OH excluding ortho intramolecular Hbond substituents is 2. The van der Waals surface area contributed by atoms with Crippen LogP contribution in [0.4, 0.5) is 10.7 Å². The van der Waals surface area contributed by atoms with Gasteiger partial charge in [-0.15, -0.1) is 11.3 Å². The van der Waals surface area contributed by atoms with Crippen molar-refractivity contribution in [3.05, 3.63) is 21.2 Å². The van der Waals surface area contributed by atoms with Crippen molar-refractivity contribution < 1.29 is 15.1 Å². The van der Waals surface area contributed by atoms with Crippen LogP contribution in [-0.4, -0.2) is 28.2 Å². The molecular formula is C13H13ClN2O4S. The topological polar surface area (TPSA) is 86.8 Å². The van der Waals surface area contributed by atoms with Crippen LogP contribution >= 0.6 is 22.9 Å². The number of piperidine rings is 1. The number of phenols is 2. The number of thiophene rings is 1.